The number of nitrogen functional groups attached to an aromatic ring is 1. The zero-order chi connectivity index (χ0) is 16.0. The topological polar surface area (TPSA) is 70.4 Å². The fourth-order valence-corrected chi connectivity index (χ4v) is 1.73. The van der Waals surface area contributed by atoms with Gasteiger partial charge in [0.2, 0.25) is 0 Å². The van der Waals surface area contributed by atoms with Crippen LogP contribution >= 0.6 is 0 Å². The molecule has 0 aromatic heterocycles. The van der Waals surface area contributed by atoms with Gasteiger partial charge in [0.1, 0.15) is 5.69 Å². The van der Waals surface area contributed by atoms with E-state index in [9.17, 15) is 13.6 Å². The predicted molar refractivity (Wildman–Crippen MR) is 78.9 cm³/mol. The maximum Gasteiger partial charge on any atom is 0.251 e. The van der Waals surface area contributed by atoms with Crippen LogP contribution in [0.1, 0.15) is 30.6 Å². The number of nitrogens with zero attached hydrogens (tertiary/aromatic N) is 1. The lowest BCUT2D eigenvalue weighted by atomic mass is 10.1. The molecule has 7 heteroatoms. The van der Waals surface area contributed by atoms with E-state index in [0.29, 0.717) is 12.6 Å². The van der Waals surface area contributed by atoms with Gasteiger partial charge in [-0.05, 0) is 46.0 Å². The molecule has 0 aliphatic carbocycles. The largest absolute Gasteiger partial charge is 0.352 e. The van der Waals surface area contributed by atoms with E-state index < -0.39 is 23.2 Å². The summed E-state index contributed by atoms with van der Waals surface area (Å²) in [7, 11) is 2.00. The highest BCUT2D eigenvalue weighted by atomic mass is 19.1. The van der Waals surface area contributed by atoms with Crippen LogP contribution in [0.25, 0.3) is 0 Å². The van der Waals surface area contributed by atoms with E-state index in [0.717, 1.165) is 25.1 Å². The zero-order valence-corrected chi connectivity index (χ0v) is 12.5. The van der Waals surface area contributed by atoms with Crippen LogP contribution in [0.4, 0.5) is 14.5 Å². The molecule has 1 aromatic carbocycles. The molecule has 0 bridgehead atoms. The Morgan fingerprint density at radius 3 is 2.38 bits per heavy atom. The molecular formula is C14H22F2N4O. The third-order valence-corrected chi connectivity index (χ3v) is 3.30. The van der Waals surface area contributed by atoms with E-state index in [1.165, 1.54) is 0 Å². The van der Waals surface area contributed by atoms with Crippen LogP contribution in [-0.2, 0) is 0 Å². The molecule has 5 nitrogen and oxygen atoms in total. The number of nitrogens with two attached hydrogens (primary N) is 1. The van der Waals surface area contributed by atoms with Gasteiger partial charge in [-0.15, -0.1) is 0 Å². The number of nitrogens with one attached hydrogen (secondary N) is 2. The SMILES string of the molecule is CC(C)N(C)CCCNC(=O)c1cc(F)c(NN)c(F)c1. The number of carbonyl (C=O) groups excluding carboxylic acids is 1. The number of carbonyl (C=O) groups is 1. The van der Waals surface area contributed by atoms with Crippen LogP contribution in [0.2, 0.25) is 0 Å². The number of rotatable bonds is 7. The number of anilines is 1. The van der Waals surface area contributed by atoms with Crippen molar-refractivity contribution in [3.63, 3.8) is 0 Å². The lowest BCUT2D eigenvalue weighted by Crippen LogP contribution is -2.31. The van der Waals surface area contributed by atoms with Crippen molar-refractivity contribution in [2.45, 2.75) is 26.3 Å². The Morgan fingerprint density at radius 2 is 1.90 bits per heavy atom. The lowest BCUT2D eigenvalue weighted by Gasteiger charge is -2.20. The van der Waals surface area contributed by atoms with Gasteiger partial charge in [0, 0.05) is 18.2 Å². The number of hydrogen-bond acceptors (Lipinski definition) is 4. The molecule has 0 atom stereocenters. The van der Waals surface area contributed by atoms with E-state index in [2.05, 4.69) is 24.1 Å². The molecular weight excluding hydrogens is 278 g/mol. The molecule has 0 aliphatic heterocycles. The van der Waals surface area contributed by atoms with Crippen molar-refractivity contribution in [3.8, 4) is 0 Å². The first-order valence-corrected chi connectivity index (χ1v) is 6.81. The van der Waals surface area contributed by atoms with Crippen molar-refractivity contribution in [1.29, 1.82) is 0 Å². The van der Waals surface area contributed by atoms with Gasteiger partial charge >= 0.3 is 0 Å². The summed E-state index contributed by atoms with van der Waals surface area (Å²) in [6.07, 6.45) is 0.758. The van der Waals surface area contributed by atoms with E-state index in [1.54, 1.807) is 0 Å². The van der Waals surface area contributed by atoms with Crippen molar-refractivity contribution in [2.75, 3.05) is 25.6 Å². The van der Waals surface area contributed by atoms with Crippen LogP contribution in [0.5, 0.6) is 0 Å². The van der Waals surface area contributed by atoms with Crippen LogP contribution in [0.15, 0.2) is 12.1 Å². The number of halogens is 2. The second kappa shape index (κ2) is 7.90. The minimum atomic E-state index is -0.901. The third kappa shape index (κ3) is 4.95. The number of amides is 1. The Hall–Kier alpha value is -1.73. The smallest absolute Gasteiger partial charge is 0.251 e. The Balaban J connectivity index is 2.53. The van der Waals surface area contributed by atoms with E-state index in [4.69, 9.17) is 5.84 Å². The summed E-state index contributed by atoms with van der Waals surface area (Å²) in [6, 6.07) is 2.34. The summed E-state index contributed by atoms with van der Waals surface area (Å²) in [4.78, 5) is 14.0. The van der Waals surface area contributed by atoms with Crippen LogP contribution in [-0.4, -0.2) is 37.0 Å². The highest BCUT2D eigenvalue weighted by molar-refractivity contribution is 5.94. The van der Waals surface area contributed by atoms with E-state index in [1.807, 2.05) is 12.5 Å². The van der Waals surface area contributed by atoms with Gasteiger partial charge in [-0.2, -0.15) is 0 Å². The van der Waals surface area contributed by atoms with Crippen molar-refractivity contribution < 1.29 is 13.6 Å². The van der Waals surface area contributed by atoms with Crippen molar-refractivity contribution >= 4 is 11.6 Å². The van der Waals surface area contributed by atoms with Gasteiger partial charge in [0.25, 0.3) is 5.91 Å². The molecule has 1 rings (SSSR count). The maximum absolute atomic E-state index is 13.5. The monoisotopic (exact) mass is 300 g/mol. The molecule has 0 saturated carbocycles. The van der Waals surface area contributed by atoms with Gasteiger partial charge in [0.15, 0.2) is 11.6 Å². The summed E-state index contributed by atoms with van der Waals surface area (Å²) in [5, 5.41) is 2.63. The molecule has 1 aromatic rings. The molecule has 0 unspecified atom stereocenters. The Kier molecular flexibility index (Phi) is 6.51. The summed E-state index contributed by atoms with van der Waals surface area (Å²) in [5.74, 6) is 2.68. The fraction of sp³-hybridized carbons (Fsp3) is 0.500. The van der Waals surface area contributed by atoms with Crippen LogP contribution in [0.3, 0.4) is 0 Å². The van der Waals surface area contributed by atoms with Crippen LogP contribution in [0, 0.1) is 11.6 Å². The quantitative estimate of drug-likeness (QED) is 0.407. The molecule has 118 valence electrons. The Labute approximate surface area is 123 Å². The summed E-state index contributed by atoms with van der Waals surface area (Å²) >= 11 is 0. The average Bonchev–Trinajstić information content (AvgIpc) is 2.42. The van der Waals surface area contributed by atoms with Gasteiger partial charge < -0.3 is 15.6 Å². The van der Waals surface area contributed by atoms with E-state index >= 15 is 0 Å². The second-order valence-corrected chi connectivity index (χ2v) is 5.14. The highest BCUT2D eigenvalue weighted by Gasteiger charge is 2.14. The summed E-state index contributed by atoms with van der Waals surface area (Å²) in [5.41, 5.74) is 1.40. The molecule has 0 heterocycles. The summed E-state index contributed by atoms with van der Waals surface area (Å²) in [6.45, 7) is 5.43. The Morgan fingerprint density at radius 1 is 1.33 bits per heavy atom. The van der Waals surface area contributed by atoms with Crippen molar-refractivity contribution in [1.82, 2.24) is 10.2 Å². The molecule has 4 N–H and O–H groups in total. The van der Waals surface area contributed by atoms with Gasteiger partial charge in [-0.25, -0.2) is 8.78 Å². The average molecular weight is 300 g/mol. The summed E-state index contributed by atoms with van der Waals surface area (Å²) < 4.78 is 27.0. The van der Waals surface area contributed by atoms with E-state index in [-0.39, 0.29) is 5.56 Å². The molecule has 0 saturated heterocycles. The lowest BCUT2D eigenvalue weighted by molar-refractivity contribution is 0.0950. The molecule has 1 amide bonds. The second-order valence-electron chi connectivity index (χ2n) is 5.14. The first-order valence-electron chi connectivity index (χ1n) is 6.81. The maximum atomic E-state index is 13.5. The Bertz CT molecular complexity index is 471. The van der Waals surface area contributed by atoms with Gasteiger partial charge in [0.05, 0.1) is 0 Å². The minimum Gasteiger partial charge on any atom is -0.352 e. The molecule has 0 fully saturated rings. The number of hydrogen-bond donors (Lipinski definition) is 3. The number of hydrazine groups is 1. The van der Waals surface area contributed by atoms with Gasteiger partial charge in [-0.1, -0.05) is 0 Å². The predicted octanol–water partition coefficient (Wildman–Crippen LogP) is 1.71. The third-order valence-electron chi connectivity index (χ3n) is 3.30. The molecule has 0 aliphatic rings. The fourth-order valence-electron chi connectivity index (χ4n) is 1.73. The molecule has 0 radical (unpaired) electrons. The number of benzene rings is 1. The first-order chi connectivity index (χ1) is 9.86. The van der Waals surface area contributed by atoms with Crippen molar-refractivity contribution in [3.05, 3.63) is 29.3 Å². The van der Waals surface area contributed by atoms with Gasteiger partial charge in [-0.3, -0.25) is 10.6 Å². The zero-order valence-electron chi connectivity index (χ0n) is 12.5. The highest BCUT2D eigenvalue weighted by Crippen LogP contribution is 2.19. The van der Waals surface area contributed by atoms with Crippen molar-refractivity contribution in [2.24, 2.45) is 5.84 Å². The standard InChI is InChI=1S/C14H22F2N4O/c1-9(2)20(3)6-4-5-18-14(21)10-7-11(15)13(19-17)12(16)8-10/h7-9,19H,4-6,17H2,1-3H3,(H,18,21). The molecule has 0 spiro atoms. The first kappa shape index (κ1) is 17.3. The minimum absolute atomic E-state index is 0.0683. The normalized spacial score (nSPS) is 11.0. The molecule has 21 heavy (non-hydrogen) atoms. The van der Waals surface area contributed by atoms with Crippen LogP contribution < -0.4 is 16.6 Å².